The van der Waals surface area contributed by atoms with E-state index in [4.69, 9.17) is 5.73 Å². The minimum absolute atomic E-state index is 0.0359. The van der Waals surface area contributed by atoms with Crippen LogP contribution < -0.4 is 21.5 Å². The smallest absolute Gasteiger partial charge is 0.369 e. The third-order valence-electron chi connectivity index (χ3n) is 8.34. The van der Waals surface area contributed by atoms with Crippen molar-refractivity contribution in [2.24, 2.45) is 11.1 Å². The number of hydrogen-bond acceptors (Lipinski definition) is 6. The highest BCUT2D eigenvalue weighted by Crippen LogP contribution is 2.49. The molecule has 0 spiro atoms. The third-order valence-corrected chi connectivity index (χ3v) is 8.34. The van der Waals surface area contributed by atoms with E-state index >= 15 is 0 Å². The number of amides is 2. The number of alkyl halides is 3. The van der Waals surface area contributed by atoms with Gasteiger partial charge < -0.3 is 11.1 Å². The van der Waals surface area contributed by atoms with Crippen LogP contribution in [-0.2, 0) is 15.8 Å². The molecule has 0 radical (unpaired) electrons. The number of carbonyl (C=O) groups is 2. The molecule has 2 amide bonds. The number of aromatic nitrogens is 3. The maximum absolute atomic E-state index is 13.6. The molecule has 9 nitrogen and oxygen atoms in total. The highest BCUT2D eigenvalue weighted by Gasteiger charge is 2.57. The lowest BCUT2D eigenvalue weighted by molar-refractivity contribution is -0.138. The van der Waals surface area contributed by atoms with Gasteiger partial charge >= 0.3 is 6.18 Å². The van der Waals surface area contributed by atoms with Gasteiger partial charge in [0.15, 0.2) is 0 Å². The molecule has 3 N–H and O–H groups in total. The average molecular weight is 591 g/mol. The van der Waals surface area contributed by atoms with Crippen LogP contribution in [0.5, 0.6) is 0 Å². The van der Waals surface area contributed by atoms with E-state index in [1.807, 2.05) is 6.92 Å². The molecule has 0 aliphatic heterocycles. The van der Waals surface area contributed by atoms with Crippen molar-refractivity contribution in [2.45, 2.75) is 57.7 Å². The van der Waals surface area contributed by atoms with Crippen LogP contribution in [-0.4, -0.2) is 26.3 Å². The Morgan fingerprint density at radius 2 is 1.74 bits per heavy atom. The molecule has 2 fully saturated rings. The number of halogens is 3. The zero-order valence-corrected chi connectivity index (χ0v) is 23.3. The summed E-state index contributed by atoms with van der Waals surface area (Å²) in [5.74, 6) is -1.24. The molecule has 43 heavy (non-hydrogen) atoms. The number of hydrogen-bond donors (Lipinski definition) is 2. The van der Waals surface area contributed by atoms with Crippen LogP contribution in [0.3, 0.4) is 0 Å². The van der Waals surface area contributed by atoms with Crippen molar-refractivity contribution in [1.29, 1.82) is 0 Å². The van der Waals surface area contributed by atoms with Crippen LogP contribution in [0.1, 0.15) is 55.7 Å². The zero-order valence-electron chi connectivity index (χ0n) is 23.3. The summed E-state index contributed by atoms with van der Waals surface area (Å²) >= 11 is 0. The highest BCUT2D eigenvalue weighted by molar-refractivity contribution is 6.16. The number of fused-ring (bicyclic) bond motifs is 1. The minimum atomic E-state index is -4.62. The highest BCUT2D eigenvalue weighted by atomic mass is 19.4. The number of rotatable bonds is 7. The number of benzene rings is 2. The molecule has 0 unspecified atom stereocenters. The van der Waals surface area contributed by atoms with E-state index < -0.39 is 29.0 Å². The number of nitrogens with zero attached hydrogens (tertiary/aromatic N) is 4. The third kappa shape index (κ3) is 5.21. The molecular formula is C31H29F3N6O3. The van der Waals surface area contributed by atoms with Crippen LogP contribution >= 0.6 is 0 Å². The SMILES string of the molecule is Cc1cc(=O)n(C2CCCC2)c2nc(Nc3ccc(N(C(=O)C4(C(N)=O)CC4)c4cccc(C(F)(F)F)c4)cc3)ncc12. The number of pyridine rings is 1. The molecule has 2 saturated carbocycles. The molecular weight excluding hydrogens is 561 g/mol. The normalized spacial score (nSPS) is 16.3. The lowest BCUT2D eigenvalue weighted by atomic mass is 10.0. The van der Waals surface area contributed by atoms with Gasteiger partial charge in [-0.05, 0) is 80.6 Å². The van der Waals surface area contributed by atoms with Gasteiger partial charge in [0.05, 0.1) is 5.56 Å². The lowest BCUT2D eigenvalue weighted by Gasteiger charge is -2.27. The summed E-state index contributed by atoms with van der Waals surface area (Å²) in [5.41, 5.74) is 5.14. The van der Waals surface area contributed by atoms with Crippen molar-refractivity contribution in [3.8, 4) is 0 Å². The molecule has 2 heterocycles. The molecule has 2 aromatic heterocycles. The standard InChI is InChI=1S/C31H29F3N6O3/c1-18-15-25(41)40(21-6-2-3-7-21)26-24(18)17-36-29(38-26)37-20-9-11-22(12-10-20)39(28(43)30(13-14-30)27(35)42)23-8-4-5-19(16-23)31(32,33)34/h4-5,8-12,15-17,21H,2-3,6-7,13-14H2,1H3,(H2,35,42)(H,36,37,38). The summed E-state index contributed by atoms with van der Waals surface area (Å²) in [5, 5.41) is 3.90. The van der Waals surface area contributed by atoms with Crippen molar-refractivity contribution < 1.29 is 22.8 Å². The Morgan fingerprint density at radius 1 is 1.05 bits per heavy atom. The second kappa shape index (κ2) is 10.5. The van der Waals surface area contributed by atoms with E-state index in [0.29, 0.717) is 11.3 Å². The summed E-state index contributed by atoms with van der Waals surface area (Å²) in [4.78, 5) is 48.9. The molecule has 222 valence electrons. The number of primary amides is 1. The van der Waals surface area contributed by atoms with Gasteiger partial charge in [0.2, 0.25) is 17.8 Å². The van der Waals surface area contributed by atoms with Crippen LogP contribution in [0.4, 0.5) is 36.2 Å². The van der Waals surface area contributed by atoms with E-state index in [1.54, 1.807) is 41.1 Å². The first-order chi connectivity index (χ1) is 20.5. The van der Waals surface area contributed by atoms with Crippen molar-refractivity contribution in [2.75, 3.05) is 10.2 Å². The van der Waals surface area contributed by atoms with E-state index in [2.05, 4.69) is 15.3 Å². The average Bonchev–Trinajstić information content (AvgIpc) is 3.62. The zero-order chi connectivity index (χ0) is 30.5. The summed E-state index contributed by atoms with van der Waals surface area (Å²) in [6.07, 6.45) is 1.41. The van der Waals surface area contributed by atoms with Gasteiger partial charge in [0.1, 0.15) is 11.1 Å². The summed E-state index contributed by atoms with van der Waals surface area (Å²) in [7, 11) is 0. The molecule has 2 aromatic carbocycles. The first-order valence-corrected chi connectivity index (χ1v) is 14.1. The van der Waals surface area contributed by atoms with Gasteiger partial charge in [-0.15, -0.1) is 0 Å². The molecule has 0 bridgehead atoms. The van der Waals surface area contributed by atoms with Gasteiger partial charge in [0.25, 0.3) is 5.56 Å². The van der Waals surface area contributed by atoms with Crippen molar-refractivity contribution in [3.05, 3.63) is 82.3 Å². The van der Waals surface area contributed by atoms with Gasteiger partial charge in [0, 0.05) is 40.8 Å². The monoisotopic (exact) mass is 590 g/mol. The largest absolute Gasteiger partial charge is 0.416 e. The predicted molar refractivity (Wildman–Crippen MR) is 155 cm³/mol. The Hall–Kier alpha value is -4.74. The maximum Gasteiger partial charge on any atom is 0.416 e. The van der Waals surface area contributed by atoms with Gasteiger partial charge in [-0.2, -0.15) is 18.2 Å². The fourth-order valence-corrected chi connectivity index (χ4v) is 5.78. The molecule has 0 saturated heterocycles. The fraction of sp³-hybridized carbons (Fsp3) is 0.323. The van der Waals surface area contributed by atoms with Gasteiger partial charge in [-0.1, -0.05) is 18.9 Å². The van der Waals surface area contributed by atoms with Crippen LogP contribution in [0, 0.1) is 12.3 Å². The quantitative estimate of drug-likeness (QED) is 0.258. The number of aryl methyl sites for hydroxylation is 1. The Morgan fingerprint density at radius 3 is 2.37 bits per heavy atom. The Bertz CT molecular complexity index is 1790. The van der Waals surface area contributed by atoms with Crippen LogP contribution in [0.15, 0.2) is 65.6 Å². The van der Waals surface area contributed by atoms with E-state index in [0.717, 1.165) is 53.7 Å². The van der Waals surface area contributed by atoms with Gasteiger partial charge in [-0.3, -0.25) is 23.9 Å². The minimum Gasteiger partial charge on any atom is -0.369 e. The van der Waals surface area contributed by atoms with Crippen molar-refractivity contribution in [1.82, 2.24) is 14.5 Å². The predicted octanol–water partition coefficient (Wildman–Crippen LogP) is 5.91. The number of anilines is 4. The number of nitrogens with one attached hydrogen (secondary N) is 1. The second-order valence-electron chi connectivity index (χ2n) is 11.2. The fourth-order valence-electron chi connectivity index (χ4n) is 5.78. The lowest BCUT2D eigenvalue weighted by Crippen LogP contribution is -2.41. The maximum atomic E-state index is 13.6. The Labute approximate surface area is 244 Å². The molecule has 2 aliphatic carbocycles. The van der Waals surface area contributed by atoms with Gasteiger partial charge in [-0.25, -0.2) is 4.98 Å². The molecule has 6 rings (SSSR count). The Balaban J connectivity index is 1.34. The van der Waals surface area contributed by atoms with Crippen LogP contribution in [0.2, 0.25) is 0 Å². The van der Waals surface area contributed by atoms with Crippen LogP contribution in [0.25, 0.3) is 11.0 Å². The van der Waals surface area contributed by atoms with E-state index in [1.165, 1.54) is 12.1 Å². The topological polar surface area (TPSA) is 123 Å². The van der Waals surface area contributed by atoms with Crippen molar-refractivity contribution in [3.63, 3.8) is 0 Å². The summed E-state index contributed by atoms with van der Waals surface area (Å²) in [6, 6.07) is 12.4. The summed E-state index contributed by atoms with van der Waals surface area (Å²) < 4.78 is 42.3. The number of carbonyl (C=O) groups excluding carboxylic acids is 2. The first-order valence-electron chi connectivity index (χ1n) is 14.1. The van der Waals surface area contributed by atoms with E-state index in [-0.39, 0.29) is 41.8 Å². The van der Waals surface area contributed by atoms with Crippen molar-refractivity contribution >= 4 is 45.9 Å². The molecule has 4 aromatic rings. The number of nitrogens with two attached hydrogens (primary N) is 1. The first kappa shape index (κ1) is 28.4. The molecule has 12 heteroatoms. The second-order valence-corrected chi connectivity index (χ2v) is 11.2. The molecule has 2 aliphatic rings. The van der Waals surface area contributed by atoms with E-state index in [9.17, 15) is 27.6 Å². The summed E-state index contributed by atoms with van der Waals surface area (Å²) in [6.45, 7) is 1.85. The Kier molecular flexibility index (Phi) is 6.94. The molecule has 0 atom stereocenters.